The molecule has 0 amide bonds. The van der Waals surface area contributed by atoms with E-state index in [9.17, 15) is 10.1 Å². The molecule has 0 fully saturated rings. The lowest BCUT2D eigenvalue weighted by Crippen LogP contribution is -1.93. The number of aromatic nitrogens is 1. The SMILES string of the molecule is COc1nccc([N+](=O)[O-])c1O. The standard InChI is InChI=1S/C6H6N2O4/c1-12-6-5(9)4(8(10)11)2-3-7-6/h2-3,9H,1H3. The average Bonchev–Trinajstić information content (AvgIpc) is 2.04. The highest BCUT2D eigenvalue weighted by Crippen LogP contribution is 2.32. The van der Waals surface area contributed by atoms with Gasteiger partial charge in [0.15, 0.2) is 0 Å². The first-order valence-corrected chi connectivity index (χ1v) is 3.03. The van der Waals surface area contributed by atoms with Crippen LogP contribution >= 0.6 is 0 Å². The number of nitrogens with zero attached hydrogens (tertiary/aromatic N) is 2. The minimum Gasteiger partial charge on any atom is -0.498 e. The van der Waals surface area contributed by atoms with E-state index in [0.29, 0.717) is 0 Å². The molecule has 64 valence electrons. The monoisotopic (exact) mass is 170 g/mol. The Kier molecular flexibility index (Phi) is 2.09. The topological polar surface area (TPSA) is 85.5 Å². The van der Waals surface area contributed by atoms with Crippen LogP contribution < -0.4 is 4.74 Å². The Hall–Kier alpha value is -1.85. The zero-order valence-electron chi connectivity index (χ0n) is 6.22. The second-order valence-electron chi connectivity index (χ2n) is 1.95. The third-order valence-corrected chi connectivity index (χ3v) is 1.26. The Bertz CT molecular complexity index is 312. The molecule has 6 heteroatoms. The second kappa shape index (κ2) is 3.04. The quantitative estimate of drug-likeness (QED) is 0.521. The molecular weight excluding hydrogens is 164 g/mol. The number of hydrogen-bond acceptors (Lipinski definition) is 5. The zero-order chi connectivity index (χ0) is 9.14. The molecule has 0 atom stereocenters. The normalized spacial score (nSPS) is 9.42. The molecule has 0 bridgehead atoms. The maximum absolute atomic E-state index is 10.3. The van der Waals surface area contributed by atoms with E-state index in [1.807, 2.05) is 0 Å². The molecule has 1 N–H and O–H groups in total. The minimum absolute atomic E-state index is 0.149. The fourth-order valence-corrected chi connectivity index (χ4v) is 0.722. The molecular formula is C6H6N2O4. The molecule has 0 aliphatic heterocycles. The number of rotatable bonds is 2. The van der Waals surface area contributed by atoms with Crippen molar-refractivity contribution < 1.29 is 14.8 Å². The van der Waals surface area contributed by atoms with Crippen LogP contribution in [-0.4, -0.2) is 22.1 Å². The van der Waals surface area contributed by atoms with Gasteiger partial charge in [0, 0.05) is 12.3 Å². The Morgan fingerprint density at radius 3 is 2.92 bits per heavy atom. The molecule has 12 heavy (non-hydrogen) atoms. The molecule has 0 saturated carbocycles. The van der Waals surface area contributed by atoms with Crippen molar-refractivity contribution in [2.24, 2.45) is 0 Å². The van der Waals surface area contributed by atoms with E-state index < -0.39 is 16.4 Å². The van der Waals surface area contributed by atoms with Crippen LogP contribution in [0.5, 0.6) is 11.6 Å². The van der Waals surface area contributed by atoms with E-state index in [1.54, 1.807) is 0 Å². The molecule has 0 spiro atoms. The number of methoxy groups -OCH3 is 1. The van der Waals surface area contributed by atoms with Gasteiger partial charge in [-0.3, -0.25) is 10.1 Å². The van der Waals surface area contributed by atoms with Crippen LogP contribution in [0.15, 0.2) is 12.3 Å². The van der Waals surface area contributed by atoms with Crippen molar-refractivity contribution in [3.05, 3.63) is 22.4 Å². The van der Waals surface area contributed by atoms with E-state index in [-0.39, 0.29) is 5.88 Å². The summed E-state index contributed by atoms with van der Waals surface area (Å²) in [4.78, 5) is 13.1. The summed E-state index contributed by atoms with van der Waals surface area (Å²) in [6, 6.07) is 1.10. The van der Waals surface area contributed by atoms with E-state index in [4.69, 9.17) is 5.11 Å². The summed E-state index contributed by atoms with van der Waals surface area (Å²) < 4.78 is 4.57. The summed E-state index contributed by atoms with van der Waals surface area (Å²) in [6.45, 7) is 0. The van der Waals surface area contributed by atoms with Gasteiger partial charge in [-0.2, -0.15) is 0 Å². The van der Waals surface area contributed by atoms with Gasteiger partial charge in [0.25, 0.3) is 11.6 Å². The largest absolute Gasteiger partial charge is 0.498 e. The molecule has 0 aromatic carbocycles. The predicted molar refractivity (Wildman–Crippen MR) is 39.1 cm³/mol. The molecule has 1 rings (SSSR count). The maximum Gasteiger partial charge on any atom is 0.318 e. The lowest BCUT2D eigenvalue weighted by Gasteiger charge is -2.00. The van der Waals surface area contributed by atoms with Gasteiger partial charge in [0.2, 0.25) is 0 Å². The summed E-state index contributed by atoms with van der Waals surface area (Å²) in [5.74, 6) is -0.700. The summed E-state index contributed by atoms with van der Waals surface area (Å²) >= 11 is 0. The number of aromatic hydroxyl groups is 1. The Morgan fingerprint density at radius 2 is 2.42 bits per heavy atom. The van der Waals surface area contributed by atoms with Gasteiger partial charge in [0.1, 0.15) is 0 Å². The van der Waals surface area contributed by atoms with Crippen LogP contribution in [0, 0.1) is 10.1 Å². The van der Waals surface area contributed by atoms with Gasteiger partial charge >= 0.3 is 5.69 Å². The second-order valence-corrected chi connectivity index (χ2v) is 1.95. The summed E-state index contributed by atoms with van der Waals surface area (Å²) in [5.41, 5.74) is -0.415. The Balaban J connectivity index is 3.23. The molecule has 0 aliphatic carbocycles. The van der Waals surface area contributed by atoms with Crippen molar-refractivity contribution in [2.45, 2.75) is 0 Å². The molecule has 0 aliphatic rings. The summed E-state index contributed by atoms with van der Waals surface area (Å²) in [5, 5.41) is 19.4. The minimum atomic E-state index is -0.709. The first kappa shape index (κ1) is 8.25. The van der Waals surface area contributed by atoms with Crippen molar-refractivity contribution in [3.8, 4) is 11.6 Å². The molecule has 1 heterocycles. The summed E-state index contributed by atoms with van der Waals surface area (Å²) in [6.07, 6.45) is 1.19. The molecule has 1 aromatic rings. The number of ether oxygens (including phenoxy) is 1. The van der Waals surface area contributed by atoms with Crippen LogP contribution in [0.1, 0.15) is 0 Å². The highest BCUT2D eigenvalue weighted by molar-refractivity contribution is 5.50. The Morgan fingerprint density at radius 1 is 1.75 bits per heavy atom. The lowest BCUT2D eigenvalue weighted by molar-refractivity contribution is -0.386. The number of hydrogen-bond donors (Lipinski definition) is 1. The van der Waals surface area contributed by atoms with Crippen LogP contribution in [0.4, 0.5) is 5.69 Å². The first-order valence-electron chi connectivity index (χ1n) is 3.03. The van der Waals surface area contributed by atoms with Crippen molar-refractivity contribution >= 4 is 5.69 Å². The first-order chi connectivity index (χ1) is 5.66. The lowest BCUT2D eigenvalue weighted by atomic mass is 10.4. The smallest absolute Gasteiger partial charge is 0.318 e. The van der Waals surface area contributed by atoms with E-state index in [2.05, 4.69) is 9.72 Å². The van der Waals surface area contributed by atoms with Crippen LogP contribution in [-0.2, 0) is 0 Å². The fraction of sp³-hybridized carbons (Fsp3) is 0.167. The fourth-order valence-electron chi connectivity index (χ4n) is 0.722. The van der Waals surface area contributed by atoms with Gasteiger partial charge in [-0.15, -0.1) is 0 Å². The van der Waals surface area contributed by atoms with Crippen molar-refractivity contribution in [1.82, 2.24) is 4.98 Å². The van der Waals surface area contributed by atoms with Crippen molar-refractivity contribution in [1.29, 1.82) is 0 Å². The highest BCUT2D eigenvalue weighted by Gasteiger charge is 2.17. The third kappa shape index (κ3) is 1.26. The van der Waals surface area contributed by atoms with Gasteiger partial charge in [-0.25, -0.2) is 4.98 Å². The van der Waals surface area contributed by atoms with Crippen LogP contribution in [0.3, 0.4) is 0 Å². The third-order valence-electron chi connectivity index (χ3n) is 1.26. The molecule has 6 nitrogen and oxygen atoms in total. The highest BCUT2D eigenvalue weighted by atomic mass is 16.6. The van der Waals surface area contributed by atoms with E-state index in [0.717, 1.165) is 6.07 Å². The number of nitro groups is 1. The molecule has 1 aromatic heterocycles. The van der Waals surface area contributed by atoms with Crippen molar-refractivity contribution in [2.75, 3.05) is 7.11 Å². The van der Waals surface area contributed by atoms with E-state index >= 15 is 0 Å². The Labute approximate surface area is 67.6 Å². The molecule has 0 radical (unpaired) electrons. The molecule has 0 unspecified atom stereocenters. The van der Waals surface area contributed by atoms with Gasteiger partial charge < -0.3 is 9.84 Å². The molecule has 0 saturated heterocycles. The van der Waals surface area contributed by atoms with Gasteiger partial charge in [0.05, 0.1) is 12.0 Å². The zero-order valence-corrected chi connectivity index (χ0v) is 6.22. The van der Waals surface area contributed by atoms with Crippen molar-refractivity contribution in [3.63, 3.8) is 0 Å². The van der Waals surface area contributed by atoms with Crippen LogP contribution in [0.25, 0.3) is 0 Å². The number of pyridine rings is 1. The predicted octanol–water partition coefficient (Wildman–Crippen LogP) is 0.704. The summed E-state index contributed by atoms with van der Waals surface area (Å²) in [7, 11) is 1.27. The average molecular weight is 170 g/mol. The van der Waals surface area contributed by atoms with E-state index in [1.165, 1.54) is 13.3 Å². The maximum atomic E-state index is 10.3. The van der Waals surface area contributed by atoms with Gasteiger partial charge in [-0.05, 0) is 0 Å². The van der Waals surface area contributed by atoms with Crippen LogP contribution in [0.2, 0.25) is 0 Å². The van der Waals surface area contributed by atoms with Gasteiger partial charge in [-0.1, -0.05) is 0 Å².